The summed E-state index contributed by atoms with van der Waals surface area (Å²) in [6.07, 6.45) is 1.00. The van der Waals surface area contributed by atoms with Crippen LogP contribution in [-0.4, -0.2) is 15.2 Å². The van der Waals surface area contributed by atoms with Gasteiger partial charge in [0.05, 0.1) is 0 Å². The molecule has 0 fully saturated rings. The van der Waals surface area contributed by atoms with Gasteiger partial charge in [0, 0.05) is 5.25 Å². The maximum atomic E-state index is 9.29. The van der Waals surface area contributed by atoms with E-state index in [-0.39, 0.29) is 18.0 Å². The highest BCUT2D eigenvalue weighted by Gasteiger charge is 2.15. The SMILES string of the molecule is CC[C@H](C)Sc1nc(N)c(C#N)c(COc2cccc(C)c2)n1. The highest BCUT2D eigenvalue weighted by Crippen LogP contribution is 2.25. The van der Waals surface area contributed by atoms with Gasteiger partial charge in [0.1, 0.15) is 35.5 Å². The van der Waals surface area contributed by atoms with E-state index >= 15 is 0 Å². The summed E-state index contributed by atoms with van der Waals surface area (Å²) in [7, 11) is 0. The van der Waals surface area contributed by atoms with Crippen LogP contribution in [0.5, 0.6) is 5.75 Å². The summed E-state index contributed by atoms with van der Waals surface area (Å²) in [4.78, 5) is 8.67. The number of hydrogen-bond acceptors (Lipinski definition) is 6. The summed E-state index contributed by atoms with van der Waals surface area (Å²) in [5, 5.41) is 10.3. The molecule has 0 unspecified atom stereocenters. The zero-order valence-corrected chi connectivity index (χ0v) is 14.4. The fraction of sp³-hybridized carbons (Fsp3) is 0.353. The van der Waals surface area contributed by atoms with Crippen LogP contribution in [0.15, 0.2) is 29.4 Å². The molecule has 23 heavy (non-hydrogen) atoms. The van der Waals surface area contributed by atoms with Gasteiger partial charge < -0.3 is 10.5 Å². The Bertz CT molecular complexity index is 727. The molecule has 2 rings (SSSR count). The predicted octanol–water partition coefficient (Wildman–Crippen LogP) is 3.71. The van der Waals surface area contributed by atoms with E-state index in [1.54, 1.807) is 11.8 Å². The van der Waals surface area contributed by atoms with E-state index in [0.29, 0.717) is 16.1 Å². The van der Waals surface area contributed by atoms with E-state index < -0.39 is 0 Å². The van der Waals surface area contributed by atoms with Crippen LogP contribution >= 0.6 is 11.8 Å². The van der Waals surface area contributed by atoms with Crippen molar-refractivity contribution >= 4 is 17.6 Å². The van der Waals surface area contributed by atoms with Crippen LogP contribution in [0.3, 0.4) is 0 Å². The van der Waals surface area contributed by atoms with Crippen molar-refractivity contribution in [2.45, 2.75) is 44.2 Å². The molecule has 2 aromatic rings. The average Bonchev–Trinajstić information content (AvgIpc) is 2.52. The van der Waals surface area contributed by atoms with Gasteiger partial charge in [-0.25, -0.2) is 9.97 Å². The van der Waals surface area contributed by atoms with E-state index in [4.69, 9.17) is 10.5 Å². The summed E-state index contributed by atoms with van der Waals surface area (Å²) in [6, 6.07) is 9.80. The number of ether oxygens (including phenoxy) is 1. The highest BCUT2D eigenvalue weighted by atomic mass is 32.2. The van der Waals surface area contributed by atoms with E-state index in [0.717, 1.165) is 17.7 Å². The van der Waals surface area contributed by atoms with Crippen molar-refractivity contribution in [2.75, 3.05) is 5.73 Å². The Morgan fingerprint density at radius 3 is 2.83 bits per heavy atom. The largest absolute Gasteiger partial charge is 0.487 e. The second-order valence-corrected chi connectivity index (χ2v) is 6.67. The van der Waals surface area contributed by atoms with Crippen LogP contribution in [0, 0.1) is 18.3 Å². The normalized spacial score (nSPS) is 11.7. The predicted molar refractivity (Wildman–Crippen MR) is 92.3 cm³/mol. The fourth-order valence-corrected chi connectivity index (χ4v) is 2.74. The average molecular weight is 328 g/mol. The van der Waals surface area contributed by atoms with Crippen LogP contribution in [0.2, 0.25) is 0 Å². The Morgan fingerprint density at radius 2 is 2.17 bits per heavy atom. The molecule has 0 amide bonds. The number of nitrogens with two attached hydrogens (primary N) is 1. The molecule has 2 N–H and O–H groups in total. The zero-order chi connectivity index (χ0) is 16.8. The van der Waals surface area contributed by atoms with Gasteiger partial charge in [-0.15, -0.1) is 0 Å². The third kappa shape index (κ3) is 4.60. The van der Waals surface area contributed by atoms with Gasteiger partial charge >= 0.3 is 0 Å². The lowest BCUT2D eigenvalue weighted by molar-refractivity contribution is 0.299. The lowest BCUT2D eigenvalue weighted by Crippen LogP contribution is -2.09. The minimum Gasteiger partial charge on any atom is -0.487 e. The summed E-state index contributed by atoms with van der Waals surface area (Å²) in [5.74, 6) is 0.943. The first-order valence-corrected chi connectivity index (χ1v) is 8.34. The molecule has 1 atom stereocenters. The third-order valence-electron chi connectivity index (χ3n) is 3.35. The second kappa shape index (κ2) is 7.84. The quantitative estimate of drug-likeness (QED) is 0.643. The minimum atomic E-state index is 0.188. The smallest absolute Gasteiger partial charge is 0.190 e. The first-order valence-electron chi connectivity index (χ1n) is 7.46. The number of aromatic nitrogens is 2. The zero-order valence-electron chi connectivity index (χ0n) is 13.5. The van der Waals surface area contributed by atoms with Gasteiger partial charge in [-0.05, 0) is 31.0 Å². The van der Waals surface area contributed by atoms with Gasteiger partial charge in [-0.1, -0.05) is 37.7 Å². The molecule has 0 bridgehead atoms. The number of rotatable bonds is 6. The van der Waals surface area contributed by atoms with E-state index in [9.17, 15) is 5.26 Å². The van der Waals surface area contributed by atoms with Crippen molar-refractivity contribution in [2.24, 2.45) is 0 Å². The Balaban J connectivity index is 2.23. The van der Waals surface area contributed by atoms with Gasteiger partial charge in [-0.2, -0.15) is 5.26 Å². The minimum absolute atomic E-state index is 0.188. The molecule has 0 saturated heterocycles. The number of aryl methyl sites for hydroxylation is 1. The number of nitrogens with zero attached hydrogens (tertiary/aromatic N) is 3. The number of nitriles is 1. The van der Waals surface area contributed by atoms with Crippen molar-refractivity contribution in [1.82, 2.24) is 9.97 Å². The molecule has 0 aliphatic heterocycles. The maximum absolute atomic E-state index is 9.29. The lowest BCUT2D eigenvalue weighted by Gasteiger charge is -2.12. The van der Waals surface area contributed by atoms with Gasteiger partial charge in [0.2, 0.25) is 0 Å². The molecule has 1 aromatic carbocycles. The Morgan fingerprint density at radius 1 is 1.39 bits per heavy atom. The molecule has 1 heterocycles. The Hall–Kier alpha value is -2.26. The van der Waals surface area contributed by atoms with Gasteiger partial charge in [0.25, 0.3) is 0 Å². The molecule has 0 aliphatic rings. The van der Waals surface area contributed by atoms with Gasteiger partial charge in [-0.3, -0.25) is 0 Å². The number of anilines is 1. The topological polar surface area (TPSA) is 84.8 Å². The monoisotopic (exact) mass is 328 g/mol. The molecule has 0 radical (unpaired) electrons. The Kier molecular flexibility index (Phi) is 5.83. The molecular weight excluding hydrogens is 308 g/mol. The number of thioether (sulfide) groups is 1. The van der Waals surface area contributed by atoms with E-state index in [1.807, 2.05) is 31.2 Å². The van der Waals surface area contributed by atoms with Crippen LogP contribution in [-0.2, 0) is 6.61 Å². The van der Waals surface area contributed by atoms with Crippen molar-refractivity contribution in [1.29, 1.82) is 5.26 Å². The molecule has 1 aromatic heterocycles. The Labute approximate surface area is 140 Å². The van der Waals surface area contributed by atoms with Crippen LogP contribution in [0.1, 0.15) is 37.1 Å². The number of hydrogen-bond donors (Lipinski definition) is 1. The maximum Gasteiger partial charge on any atom is 0.190 e. The lowest BCUT2D eigenvalue weighted by atomic mass is 10.2. The second-order valence-electron chi connectivity index (χ2n) is 5.27. The molecule has 0 saturated carbocycles. The summed E-state index contributed by atoms with van der Waals surface area (Å²) < 4.78 is 5.75. The molecule has 5 nitrogen and oxygen atoms in total. The molecular formula is C17H20N4OS. The van der Waals surface area contributed by atoms with Gasteiger partial charge in [0.15, 0.2) is 5.16 Å². The third-order valence-corrected chi connectivity index (χ3v) is 4.48. The standard InChI is InChI=1S/C17H20N4OS/c1-4-12(3)23-17-20-15(14(9-18)16(19)21-17)10-22-13-7-5-6-11(2)8-13/h5-8,12H,4,10H2,1-3H3,(H2,19,20,21)/t12-/m0/s1. The summed E-state index contributed by atoms with van der Waals surface area (Å²) in [6.45, 7) is 6.39. The van der Waals surface area contributed by atoms with Crippen molar-refractivity contribution < 1.29 is 4.74 Å². The van der Waals surface area contributed by atoms with Crippen molar-refractivity contribution in [3.05, 3.63) is 41.1 Å². The first-order chi connectivity index (χ1) is 11.0. The molecule has 120 valence electrons. The van der Waals surface area contributed by atoms with Crippen molar-refractivity contribution in [3.63, 3.8) is 0 Å². The summed E-state index contributed by atoms with van der Waals surface area (Å²) >= 11 is 1.55. The fourth-order valence-electron chi connectivity index (χ4n) is 1.90. The molecule has 0 aliphatic carbocycles. The number of nitrogen functional groups attached to an aromatic ring is 1. The summed E-state index contributed by atoms with van der Waals surface area (Å²) in [5.41, 5.74) is 7.81. The molecule has 6 heteroatoms. The highest BCUT2D eigenvalue weighted by molar-refractivity contribution is 7.99. The van der Waals surface area contributed by atoms with E-state index in [2.05, 4.69) is 29.9 Å². The van der Waals surface area contributed by atoms with Crippen molar-refractivity contribution in [3.8, 4) is 11.8 Å². The first kappa shape index (κ1) is 17.1. The van der Waals surface area contributed by atoms with Crippen LogP contribution in [0.25, 0.3) is 0 Å². The number of benzene rings is 1. The van der Waals surface area contributed by atoms with Crippen LogP contribution < -0.4 is 10.5 Å². The van der Waals surface area contributed by atoms with Crippen LogP contribution in [0.4, 0.5) is 5.82 Å². The van der Waals surface area contributed by atoms with E-state index in [1.165, 1.54) is 0 Å². The molecule has 0 spiro atoms.